The molecule has 0 fully saturated rings. The number of nitrogens with one attached hydrogen (secondary N) is 4. The van der Waals surface area contributed by atoms with Crippen LogP contribution in [0.15, 0.2) is 97.6 Å². The van der Waals surface area contributed by atoms with Gasteiger partial charge in [-0.05, 0) is 46.5 Å². The van der Waals surface area contributed by atoms with Crippen molar-refractivity contribution in [1.82, 2.24) is 10.6 Å². The highest BCUT2D eigenvalue weighted by atomic mass is 33.1. The van der Waals surface area contributed by atoms with Crippen LogP contribution in [0, 0.1) is 0 Å². The molecule has 4 N–H and O–H groups in total. The molecule has 4 rings (SSSR count). The van der Waals surface area contributed by atoms with Crippen molar-refractivity contribution in [2.45, 2.75) is 52.6 Å². The van der Waals surface area contributed by atoms with Crippen molar-refractivity contribution in [1.29, 1.82) is 0 Å². The highest BCUT2D eigenvalue weighted by molar-refractivity contribution is 8.76. The minimum atomic E-state index is -0.0871. The Bertz CT molecular complexity index is 1710. The zero-order chi connectivity index (χ0) is 38.4. The van der Waals surface area contributed by atoms with Gasteiger partial charge in [-0.15, -0.1) is 0 Å². The normalized spacial score (nSPS) is 11.1. The van der Waals surface area contributed by atoms with Gasteiger partial charge in [0, 0.05) is 99.8 Å². The molecule has 282 valence electrons. The fourth-order valence-corrected chi connectivity index (χ4v) is 7.02. The summed E-state index contributed by atoms with van der Waals surface area (Å²) in [4.78, 5) is 46.9. The second-order valence-electron chi connectivity index (χ2n) is 12.6. The van der Waals surface area contributed by atoms with Crippen molar-refractivity contribution in [2.75, 3.05) is 35.2 Å². The van der Waals surface area contributed by atoms with Gasteiger partial charge >= 0.3 is 0 Å². The van der Waals surface area contributed by atoms with Gasteiger partial charge in [0.05, 0.1) is 0 Å². The van der Waals surface area contributed by atoms with E-state index in [1.165, 1.54) is 13.8 Å². The lowest BCUT2D eigenvalue weighted by Gasteiger charge is -2.06. The monoisotopic (exact) mass is 766 g/mol. The van der Waals surface area contributed by atoms with Crippen LogP contribution in [0.4, 0.5) is 11.4 Å². The number of aromatic nitrogens is 2. The molecule has 0 saturated heterocycles. The highest BCUT2D eigenvalue weighted by Crippen LogP contribution is 2.19. The van der Waals surface area contributed by atoms with Gasteiger partial charge in [-0.3, -0.25) is 19.2 Å². The predicted molar refractivity (Wildman–Crippen MR) is 222 cm³/mol. The van der Waals surface area contributed by atoms with E-state index in [9.17, 15) is 19.2 Å². The van der Waals surface area contributed by atoms with Gasteiger partial charge in [0.1, 0.15) is 13.1 Å². The third-order valence-corrected chi connectivity index (χ3v) is 10.4. The van der Waals surface area contributed by atoms with Crippen molar-refractivity contribution < 1.29 is 28.3 Å². The maximum Gasteiger partial charge on any atom is 0.221 e. The van der Waals surface area contributed by atoms with Gasteiger partial charge in [-0.2, -0.15) is 0 Å². The van der Waals surface area contributed by atoms with E-state index < -0.39 is 0 Å². The number of hydrogen-bond acceptors (Lipinski definition) is 6. The Kier molecular flexibility index (Phi) is 18.1. The SMILES string of the molecule is CC(=O)Nc1ccc(/C=C/c2cc[n+](CCCC(=O)NCCSSCCNC(=O)CCC[n+]3ccc(/C=C/c4ccc(NC(C)=O)cc4)cc3)cc2)cc1. The number of benzene rings is 2. The van der Waals surface area contributed by atoms with E-state index in [1.54, 1.807) is 21.6 Å². The quantitative estimate of drug-likeness (QED) is 0.0443. The summed E-state index contributed by atoms with van der Waals surface area (Å²) in [6.07, 6.45) is 18.7. The summed E-state index contributed by atoms with van der Waals surface area (Å²) >= 11 is 0. The molecule has 12 heteroatoms. The van der Waals surface area contributed by atoms with E-state index in [0.29, 0.717) is 25.9 Å². The zero-order valence-corrected chi connectivity index (χ0v) is 32.6. The number of anilines is 2. The molecule has 0 unspecified atom stereocenters. The standard InChI is InChI=1S/C42H48N6O4S2/c1-33(49)45-39-15-11-35(12-16-39)7-9-37-19-27-47(28-20-37)25-3-5-41(51)43-23-31-53-54-32-24-44-42(52)6-4-26-48-29-21-38(22-30-48)10-8-36-13-17-40(18-14-36)46-34(2)50/h7-22,27-30H,3-6,23-26,31-32H2,1-2H3,(H2,43,44,51,52)/p+2. The smallest absolute Gasteiger partial charge is 0.221 e. The van der Waals surface area contributed by atoms with Crippen LogP contribution in [-0.4, -0.2) is 48.2 Å². The molecule has 54 heavy (non-hydrogen) atoms. The summed E-state index contributed by atoms with van der Waals surface area (Å²) in [5.74, 6) is 1.57. The number of pyridine rings is 2. The number of hydrogen-bond donors (Lipinski definition) is 4. The van der Waals surface area contributed by atoms with E-state index >= 15 is 0 Å². The van der Waals surface area contributed by atoms with Crippen molar-refractivity contribution in [3.05, 3.63) is 120 Å². The van der Waals surface area contributed by atoms with Crippen LogP contribution in [0.1, 0.15) is 61.8 Å². The highest BCUT2D eigenvalue weighted by Gasteiger charge is 2.07. The van der Waals surface area contributed by atoms with Crippen LogP contribution in [0.25, 0.3) is 24.3 Å². The van der Waals surface area contributed by atoms with Crippen LogP contribution in [0.5, 0.6) is 0 Å². The molecule has 0 spiro atoms. The maximum atomic E-state index is 12.3. The molecule has 0 radical (unpaired) electrons. The number of amides is 4. The molecule has 0 bridgehead atoms. The lowest BCUT2D eigenvalue weighted by atomic mass is 10.1. The van der Waals surface area contributed by atoms with Crippen LogP contribution < -0.4 is 30.4 Å². The summed E-state index contributed by atoms with van der Waals surface area (Å²) < 4.78 is 4.16. The largest absolute Gasteiger partial charge is 0.355 e. The molecule has 2 heterocycles. The first-order valence-electron chi connectivity index (χ1n) is 18.1. The van der Waals surface area contributed by atoms with Gasteiger partial charge in [-0.25, -0.2) is 9.13 Å². The average Bonchev–Trinajstić information content (AvgIpc) is 3.16. The van der Waals surface area contributed by atoms with Crippen molar-refractivity contribution >= 4 is 80.9 Å². The first-order valence-corrected chi connectivity index (χ1v) is 20.6. The molecule has 2 aromatic heterocycles. The molecular formula is C42H50N6O4S2+2. The fraction of sp³-hybridized carbons (Fsp3) is 0.286. The molecule has 0 saturated carbocycles. The lowest BCUT2D eigenvalue weighted by Crippen LogP contribution is -2.34. The Balaban J connectivity index is 0.967. The lowest BCUT2D eigenvalue weighted by molar-refractivity contribution is -0.697. The minimum Gasteiger partial charge on any atom is -0.355 e. The van der Waals surface area contributed by atoms with Crippen LogP contribution in [0.3, 0.4) is 0 Å². The van der Waals surface area contributed by atoms with E-state index in [-0.39, 0.29) is 23.6 Å². The number of aryl methyl sites for hydroxylation is 2. The molecule has 10 nitrogen and oxygen atoms in total. The third kappa shape index (κ3) is 17.1. The molecular weight excluding hydrogens is 717 g/mol. The van der Waals surface area contributed by atoms with Crippen molar-refractivity contribution in [3.63, 3.8) is 0 Å². The molecule has 0 aliphatic rings. The molecule has 0 atom stereocenters. The van der Waals surface area contributed by atoms with Gasteiger partial charge in [0.2, 0.25) is 23.6 Å². The Labute approximate surface area is 326 Å². The van der Waals surface area contributed by atoms with E-state index in [1.807, 2.05) is 122 Å². The number of rotatable bonds is 21. The Morgan fingerprint density at radius 2 is 0.852 bits per heavy atom. The third-order valence-electron chi connectivity index (χ3n) is 7.97. The summed E-state index contributed by atoms with van der Waals surface area (Å²) in [7, 11) is 3.40. The van der Waals surface area contributed by atoms with E-state index in [4.69, 9.17) is 0 Å². The molecule has 4 aromatic rings. The number of nitrogens with zero attached hydrogens (tertiary/aromatic N) is 2. The van der Waals surface area contributed by atoms with Gasteiger partial charge < -0.3 is 21.3 Å². The second-order valence-corrected chi connectivity index (χ2v) is 15.3. The summed E-state index contributed by atoms with van der Waals surface area (Å²) in [6.45, 7) is 5.76. The summed E-state index contributed by atoms with van der Waals surface area (Å²) in [6, 6.07) is 23.5. The van der Waals surface area contributed by atoms with Crippen molar-refractivity contribution in [2.24, 2.45) is 0 Å². The van der Waals surface area contributed by atoms with E-state index in [0.717, 1.165) is 71.1 Å². The topological polar surface area (TPSA) is 124 Å². The fourth-order valence-electron chi connectivity index (χ4n) is 5.21. The minimum absolute atomic E-state index is 0.0617. The van der Waals surface area contributed by atoms with Crippen LogP contribution in [-0.2, 0) is 32.3 Å². The van der Waals surface area contributed by atoms with E-state index in [2.05, 4.69) is 30.4 Å². The molecule has 2 aromatic carbocycles. The van der Waals surface area contributed by atoms with Gasteiger partial charge in [0.25, 0.3) is 0 Å². The number of carbonyl (C=O) groups excluding carboxylic acids is 4. The maximum absolute atomic E-state index is 12.3. The van der Waals surface area contributed by atoms with Crippen LogP contribution in [0.2, 0.25) is 0 Å². The van der Waals surface area contributed by atoms with Gasteiger partial charge in [-0.1, -0.05) is 70.2 Å². The summed E-state index contributed by atoms with van der Waals surface area (Å²) in [5, 5.41) is 11.5. The average molecular weight is 767 g/mol. The van der Waals surface area contributed by atoms with Gasteiger partial charge in [0.15, 0.2) is 24.8 Å². The Morgan fingerprint density at radius 3 is 1.19 bits per heavy atom. The Hall–Kier alpha value is -5.20. The first kappa shape index (κ1) is 41.6. The Morgan fingerprint density at radius 1 is 0.519 bits per heavy atom. The molecule has 0 aliphatic carbocycles. The number of carbonyl (C=O) groups is 4. The molecule has 0 aliphatic heterocycles. The van der Waals surface area contributed by atoms with Crippen LogP contribution >= 0.6 is 21.6 Å². The molecule has 4 amide bonds. The van der Waals surface area contributed by atoms with Crippen molar-refractivity contribution in [3.8, 4) is 0 Å². The zero-order valence-electron chi connectivity index (χ0n) is 31.0. The second kappa shape index (κ2) is 23.5. The summed E-state index contributed by atoms with van der Waals surface area (Å²) in [5.41, 5.74) is 5.81. The predicted octanol–water partition coefficient (Wildman–Crippen LogP) is 6.39. The first-order chi connectivity index (χ1) is 26.2.